The largest absolute Gasteiger partial charge is 0.318 e. The van der Waals surface area contributed by atoms with Gasteiger partial charge >= 0.3 is 0 Å². The average molecular weight is 176 g/mol. The number of benzene rings is 1. The van der Waals surface area contributed by atoms with Crippen LogP contribution < -0.4 is 10.6 Å². The van der Waals surface area contributed by atoms with Gasteiger partial charge in [0.2, 0.25) is 5.91 Å². The predicted octanol–water partition coefficient (Wildman–Crippen LogP) is 0.749. The van der Waals surface area contributed by atoms with Gasteiger partial charge in [-0.2, -0.15) is 0 Å². The summed E-state index contributed by atoms with van der Waals surface area (Å²) in [5.41, 5.74) is 6.53. The van der Waals surface area contributed by atoms with Crippen LogP contribution >= 0.6 is 0 Å². The van der Waals surface area contributed by atoms with Crippen molar-refractivity contribution >= 4 is 11.6 Å². The number of hydrogen-bond acceptors (Lipinski definition) is 2. The van der Waals surface area contributed by atoms with Crippen molar-refractivity contribution in [2.24, 2.45) is 5.73 Å². The number of carbonyl (C=O) groups is 1. The molecule has 1 saturated heterocycles. The van der Waals surface area contributed by atoms with Crippen molar-refractivity contribution in [3.8, 4) is 0 Å². The van der Waals surface area contributed by atoms with Crippen molar-refractivity contribution in [3.05, 3.63) is 30.3 Å². The van der Waals surface area contributed by atoms with Gasteiger partial charge in [0, 0.05) is 5.69 Å². The number of anilines is 1. The molecule has 0 saturated carbocycles. The van der Waals surface area contributed by atoms with Gasteiger partial charge in [-0.15, -0.1) is 0 Å². The number of hydrogen-bond donors (Lipinski definition) is 1. The highest BCUT2D eigenvalue weighted by molar-refractivity contribution is 6.05. The molecule has 1 heterocycles. The Labute approximate surface area is 77.1 Å². The third-order valence-electron chi connectivity index (χ3n) is 2.48. The summed E-state index contributed by atoms with van der Waals surface area (Å²) in [6.07, 6.45) is 0. The molecule has 0 bridgehead atoms. The van der Waals surface area contributed by atoms with E-state index < -0.39 is 0 Å². The zero-order valence-electron chi connectivity index (χ0n) is 7.47. The van der Waals surface area contributed by atoms with E-state index in [4.69, 9.17) is 5.73 Å². The van der Waals surface area contributed by atoms with Gasteiger partial charge < -0.3 is 10.6 Å². The van der Waals surface area contributed by atoms with Gasteiger partial charge in [-0.1, -0.05) is 18.2 Å². The number of nitrogens with zero attached hydrogens (tertiary/aromatic N) is 1. The van der Waals surface area contributed by atoms with Crippen LogP contribution in [0.5, 0.6) is 0 Å². The first-order valence-electron chi connectivity index (χ1n) is 4.35. The van der Waals surface area contributed by atoms with E-state index in [0.29, 0.717) is 0 Å². The Morgan fingerprint density at radius 3 is 2.46 bits per heavy atom. The van der Waals surface area contributed by atoms with Crippen LogP contribution in [0.3, 0.4) is 0 Å². The molecule has 0 radical (unpaired) electrons. The fourth-order valence-corrected chi connectivity index (χ4v) is 1.60. The van der Waals surface area contributed by atoms with Gasteiger partial charge in [0.15, 0.2) is 0 Å². The molecule has 0 aliphatic carbocycles. The minimum Gasteiger partial charge on any atom is -0.318 e. The van der Waals surface area contributed by atoms with Gasteiger partial charge in [0.25, 0.3) is 0 Å². The molecule has 3 heteroatoms. The molecule has 0 unspecified atom stereocenters. The van der Waals surface area contributed by atoms with Gasteiger partial charge in [-0.25, -0.2) is 0 Å². The van der Waals surface area contributed by atoms with Crippen molar-refractivity contribution in [2.45, 2.75) is 19.0 Å². The Hall–Kier alpha value is -1.35. The fourth-order valence-electron chi connectivity index (χ4n) is 1.60. The average Bonchev–Trinajstić information content (AvgIpc) is 2.19. The van der Waals surface area contributed by atoms with E-state index in [2.05, 4.69) is 0 Å². The molecule has 1 aliphatic heterocycles. The lowest BCUT2D eigenvalue weighted by Crippen LogP contribution is -2.67. The molecular weight excluding hydrogens is 164 g/mol. The summed E-state index contributed by atoms with van der Waals surface area (Å²) in [5, 5.41) is 0. The van der Waals surface area contributed by atoms with Crippen molar-refractivity contribution in [2.75, 3.05) is 4.90 Å². The topological polar surface area (TPSA) is 46.3 Å². The molecule has 1 amide bonds. The highest BCUT2D eigenvalue weighted by Crippen LogP contribution is 2.26. The Bertz CT molecular complexity index is 323. The summed E-state index contributed by atoms with van der Waals surface area (Å²) in [6.45, 7) is 1.96. The van der Waals surface area contributed by atoms with Gasteiger partial charge in [-0.05, 0) is 19.1 Å². The number of para-hydroxylation sites is 1. The van der Waals surface area contributed by atoms with E-state index >= 15 is 0 Å². The highest BCUT2D eigenvalue weighted by atomic mass is 16.2. The first-order chi connectivity index (χ1) is 6.22. The maximum absolute atomic E-state index is 11.4. The number of nitrogens with two attached hydrogens (primary N) is 1. The Morgan fingerprint density at radius 1 is 1.31 bits per heavy atom. The standard InChI is InChI=1S/C10H12N2O/c1-7-9(11)10(13)12(7)8-5-3-2-4-6-8/h2-7,9H,11H2,1H3/t7-,9+/m1/s1. The van der Waals surface area contributed by atoms with Gasteiger partial charge in [0.1, 0.15) is 6.04 Å². The Balaban J connectivity index is 2.25. The quantitative estimate of drug-likeness (QED) is 0.642. The van der Waals surface area contributed by atoms with Gasteiger partial charge in [-0.3, -0.25) is 4.79 Å². The van der Waals surface area contributed by atoms with Crippen LogP contribution in [-0.4, -0.2) is 18.0 Å². The zero-order chi connectivity index (χ0) is 9.42. The highest BCUT2D eigenvalue weighted by Gasteiger charge is 2.42. The first-order valence-corrected chi connectivity index (χ1v) is 4.35. The van der Waals surface area contributed by atoms with Crippen LogP contribution in [0.1, 0.15) is 6.92 Å². The monoisotopic (exact) mass is 176 g/mol. The predicted molar refractivity (Wildman–Crippen MR) is 51.4 cm³/mol. The summed E-state index contributed by atoms with van der Waals surface area (Å²) in [6, 6.07) is 9.40. The van der Waals surface area contributed by atoms with E-state index in [1.54, 1.807) is 4.90 Å². The molecule has 0 aromatic heterocycles. The number of β-lactam (4-membered cyclic amide) rings is 1. The van der Waals surface area contributed by atoms with E-state index in [1.807, 2.05) is 37.3 Å². The van der Waals surface area contributed by atoms with E-state index in [-0.39, 0.29) is 18.0 Å². The lowest BCUT2D eigenvalue weighted by atomic mass is 9.97. The summed E-state index contributed by atoms with van der Waals surface area (Å²) in [4.78, 5) is 13.1. The molecule has 2 atom stereocenters. The minimum absolute atomic E-state index is 0.0127. The van der Waals surface area contributed by atoms with Crippen LogP contribution in [0.25, 0.3) is 0 Å². The van der Waals surface area contributed by atoms with E-state index in [1.165, 1.54) is 0 Å². The van der Waals surface area contributed by atoms with Crippen LogP contribution in [-0.2, 0) is 4.79 Å². The molecule has 2 rings (SSSR count). The van der Waals surface area contributed by atoms with Crippen LogP contribution in [0, 0.1) is 0 Å². The van der Waals surface area contributed by atoms with Crippen molar-refractivity contribution in [1.82, 2.24) is 0 Å². The SMILES string of the molecule is C[C@@H]1[C@H](N)C(=O)N1c1ccccc1. The number of carbonyl (C=O) groups excluding carboxylic acids is 1. The first kappa shape index (κ1) is 8.26. The smallest absolute Gasteiger partial charge is 0.246 e. The number of rotatable bonds is 1. The fraction of sp³-hybridized carbons (Fsp3) is 0.300. The maximum Gasteiger partial charge on any atom is 0.246 e. The molecule has 1 aromatic carbocycles. The second kappa shape index (κ2) is 2.85. The molecule has 3 nitrogen and oxygen atoms in total. The molecule has 1 aromatic rings. The van der Waals surface area contributed by atoms with Gasteiger partial charge in [0.05, 0.1) is 6.04 Å². The molecule has 68 valence electrons. The van der Waals surface area contributed by atoms with Crippen molar-refractivity contribution in [1.29, 1.82) is 0 Å². The van der Waals surface area contributed by atoms with Crippen molar-refractivity contribution < 1.29 is 4.79 Å². The molecular formula is C10H12N2O. The number of amides is 1. The van der Waals surface area contributed by atoms with E-state index in [9.17, 15) is 4.79 Å². The van der Waals surface area contributed by atoms with E-state index in [0.717, 1.165) is 5.69 Å². The molecule has 2 N–H and O–H groups in total. The third-order valence-corrected chi connectivity index (χ3v) is 2.48. The lowest BCUT2D eigenvalue weighted by Gasteiger charge is -2.43. The lowest BCUT2D eigenvalue weighted by molar-refractivity contribution is -0.125. The van der Waals surface area contributed by atoms with Crippen LogP contribution in [0.4, 0.5) is 5.69 Å². The normalized spacial score (nSPS) is 27.2. The van der Waals surface area contributed by atoms with Crippen LogP contribution in [0.15, 0.2) is 30.3 Å². The summed E-state index contributed by atoms with van der Waals surface area (Å²) < 4.78 is 0. The summed E-state index contributed by atoms with van der Waals surface area (Å²) in [5.74, 6) is 0.0127. The molecule has 13 heavy (non-hydrogen) atoms. The third kappa shape index (κ3) is 1.12. The Kier molecular flexibility index (Phi) is 1.81. The second-order valence-electron chi connectivity index (χ2n) is 3.31. The second-order valence-corrected chi connectivity index (χ2v) is 3.31. The molecule has 1 fully saturated rings. The molecule has 0 spiro atoms. The minimum atomic E-state index is -0.319. The van der Waals surface area contributed by atoms with Crippen molar-refractivity contribution in [3.63, 3.8) is 0 Å². The summed E-state index contributed by atoms with van der Waals surface area (Å²) in [7, 11) is 0. The Morgan fingerprint density at radius 2 is 1.92 bits per heavy atom. The maximum atomic E-state index is 11.4. The summed E-state index contributed by atoms with van der Waals surface area (Å²) >= 11 is 0. The van der Waals surface area contributed by atoms with Crippen LogP contribution in [0.2, 0.25) is 0 Å². The zero-order valence-corrected chi connectivity index (χ0v) is 7.47. The molecule has 1 aliphatic rings.